The molecule has 0 amide bonds. The van der Waals surface area contributed by atoms with E-state index in [1.807, 2.05) is 0 Å². The third-order valence-corrected chi connectivity index (χ3v) is 3.84. The Morgan fingerprint density at radius 1 is 1.10 bits per heavy atom. The average molecular weight is 295 g/mol. The number of hydrogen-bond acceptors (Lipinski definition) is 7. The SMILES string of the molecule is CCN(CC)c1nc(NN)nc(NCC(C)C(C)(C)C)n1. The number of aromatic nitrogens is 3. The molecule has 0 radical (unpaired) electrons. The molecule has 21 heavy (non-hydrogen) atoms. The number of hydrogen-bond donors (Lipinski definition) is 3. The highest BCUT2D eigenvalue weighted by atomic mass is 15.4. The standard InChI is InChI=1S/C14H29N7/c1-7-21(8-2)13-18-11(17-12(19-13)20-15)16-9-10(3)14(4,5)6/h10H,7-9,15H2,1-6H3,(H2,16,17,18,19,20). The van der Waals surface area contributed by atoms with E-state index >= 15 is 0 Å². The molecule has 4 N–H and O–H groups in total. The van der Waals surface area contributed by atoms with Gasteiger partial charge in [-0.25, -0.2) is 5.84 Å². The highest BCUT2D eigenvalue weighted by Crippen LogP contribution is 2.25. The van der Waals surface area contributed by atoms with E-state index in [1.54, 1.807) is 0 Å². The van der Waals surface area contributed by atoms with Crippen molar-refractivity contribution in [2.24, 2.45) is 17.2 Å². The average Bonchev–Trinajstić information content (AvgIpc) is 2.44. The molecule has 120 valence electrons. The molecule has 1 rings (SSSR count). The minimum absolute atomic E-state index is 0.233. The smallest absolute Gasteiger partial charge is 0.243 e. The third kappa shape index (κ3) is 5.00. The van der Waals surface area contributed by atoms with Gasteiger partial charge in [-0.1, -0.05) is 27.7 Å². The summed E-state index contributed by atoms with van der Waals surface area (Å²) in [5.41, 5.74) is 2.73. The number of nitrogens with two attached hydrogens (primary N) is 1. The normalized spacial score (nSPS) is 12.9. The third-order valence-electron chi connectivity index (χ3n) is 3.84. The van der Waals surface area contributed by atoms with E-state index in [0.29, 0.717) is 23.8 Å². The highest BCUT2D eigenvalue weighted by Gasteiger charge is 2.20. The fourth-order valence-corrected chi connectivity index (χ4v) is 1.71. The number of nitrogen functional groups attached to an aromatic ring is 1. The molecular formula is C14H29N7. The quantitative estimate of drug-likeness (QED) is 0.524. The highest BCUT2D eigenvalue weighted by molar-refractivity contribution is 5.43. The Hall–Kier alpha value is -1.63. The Morgan fingerprint density at radius 3 is 2.14 bits per heavy atom. The van der Waals surface area contributed by atoms with Crippen molar-refractivity contribution in [3.63, 3.8) is 0 Å². The van der Waals surface area contributed by atoms with Crippen molar-refractivity contribution in [3.8, 4) is 0 Å². The summed E-state index contributed by atoms with van der Waals surface area (Å²) >= 11 is 0. The Balaban J connectivity index is 2.89. The maximum atomic E-state index is 5.45. The van der Waals surface area contributed by atoms with Crippen molar-refractivity contribution in [3.05, 3.63) is 0 Å². The fourth-order valence-electron chi connectivity index (χ4n) is 1.71. The summed E-state index contributed by atoms with van der Waals surface area (Å²) in [6, 6.07) is 0. The molecule has 7 heteroatoms. The number of nitrogens with zero attached hydrogens (tertiary/aromatic N) is 4. The monoisotopic (exact) mass is 295 g/mol. The number of rotatable bonds is 7. The fraction of sp³-hybridized carbons (Fsp3) is 0.786. The van der Waals surface area contributed by atoms with Crippen molar-refractivity contribution < 1.29 is 0 Å². The zero-order valence-electron chi connectivity index (χ0n) is 14.1. The van der Waals surface area contributed by atoms with Gasteiger partial charge in [0.1, 0.15) is 0 Å². The molecule has 1 atom stereocenters. The lowest BCUT2D eigenvalue weighted by Gasteiger charge is -2.27. The van der Waals surface area contributed by atoms with Crippen LogP contribution in [0.3, 0.4) is 0 Å². The Morgan fingerprint density at radius 2 is 1.67 bits per heavy atom. The first-order valence-corrected chi connectivity index (χ1v) is 7.53. The van der Waals surface area contributed by atoms with Crippen LogP contribution in [0.1, 0.15) is 41.5 Å². The predicted molar refractivity (Wildman–Crippen MR) is 88.3 cm³/mol. The number of nitrogens with one attached hydrogen (secondary N) is 2. The Labute approximate surface area is 127 Å². The van der Waals surface area contributed by atoms with Crippen LogP contribution in [0.15, 0.2) is 0 Å². The molecule has 1 unspecified atom stereocenters. The largest absolute Gasteiger partial charge is 0.354 e. The van der Waals surface area contributed by atoms with E-state index in [0.717, 1.165) is 19.6 Å². The molecule has 1 aromatic heterocycles. The van der Waals surface area contributed by atoms with E-state index < -0.39 is 0 Å². The molecule has 0 saturated carbocycles. The van der Waals surface area contributed by atoms with Gasteiger partial charge in [-0.2, -0.15) is 15.0 Å². The lowest BCUT2D eigenvalue weighted by molar-refractivity contribution is 0.274. The van der Waals surface area contributed by atoms with Gasteiger partial charge in [-0.05, 0) is 25.2 Å². The zero-order valence-corrected chi connectivity index (χ0v) is 14.1. The van der Waals surface area contributed by atoms with Gasteiger partial charge >= 0.3 is 0 Å². The predicted octanol–water partition coefficient (Wildman–Crippen LogP) is 2.10. The Kier molecular flexibility index (Phi) is 6.14. The van der Waals surface area contributed by atoms with Gasteiger partial charge in [0.15, 0.2) is 0 Å². The molecule has 0 aromatic carbocycles. The van der Waals surface area contributed by atoms with Gasteiger partial charge in [0.05, 0.1) is 0 Å². The van der Waals surface area contributed by atoms with E-state index in [2.05, 4.69) is 72.1 Å². The molecule has 0 aliphatic rings. The molecule has 1 heterocycles. The lowest BCUT2D eigenvalue weighted by Crippen LogP contribution is -2.28. The van der Waals surface area contributed by atoms with Crippen LogP contribution in [0.4, 0.5) is 17.8 Å². The van der Waals surface area contributed by atoms with Gasteiger partial charge < -0.3 is 10.2 Å². The summed E-state index contributed by atoms with van der Waals surface area (Å²) in [4.78, 5) is 15.1. The zero-order chi connectivity index (χ0) is 16.0. The van der Waals surface area contributed by atoms with E-state index in [9.17, 15) is 0 Å². The summed E-state index contributed by atoms with van der Waals surface area (Å²) in [6.45, 7) is 15.5. The summed E-state index contributed by atoms with van der Waals surface area (Å²) in [7, 11) is 0. The van der Waals surface area contributed by atoms with Gasteiger partial charge in [-0.15, -0.1) is 0 Å². The van der Waals surface area contributed by atoms with Crippen LogP contribution in [0.2, 0.25) is 0 Å². The van der Waals surface area contributed by atoms with Crippen LogP contribution in [0.5, 0.6) is 0 Å². The molecule has 0 bridgehead atoms. The van der Waals surface area contributed by atoms with Crippen LogP contribution < -0.4 is 21.5 Å². The van der Waals surface area contributed by atoms with Crippen LogP contribution in [0, 0.1) is 11.3 Å². The van der Waals surface area contributed by atoms with E-state index in [1.165, 1.54) is 0 Å². The van der Waals surface area contributed by atoms with Crippen molar-refractivity contribution in [2.45, 2.75) is 41.5 Å². The second kappa shape index (κ2) is 7.40. The number of hydrazine groups is 1. The van der Waals surface area contributed by atoms with Crippen molar-refractivity contribution in [1.29, 1.82) is 0 Å². The minimum atomic E-state index is 0.233. The van der Waals surface area contributed by atoms with Crippen LogP contribution in [-0.2, 0) is 0 Å². The first-order valence-electron chi connectivity index (χ1n) is 7.53. The summed E-state index contributed by atoms with van der Waals surface area (Å²) < 4.78 is 0. The molecular weight excluding hydrogens is 266 g/mol. The van der Waals surface area contributed by atoms with Gasteiger partial charge in [0.2, 0.25) is 17.8 Å². The van der Waals surface area contributed by atoms with Gasteiger partial charge in [-0.3, -0.25) is 5.43 Å². The lowest BCUT2D eigenvalue weighted by atomic mass is 9.82. The van der Waals surface area contributed by atoms with E-state index in [-0.39, 0.29) is 5.41 Å². The summed E-state index contributed by atoms with van der Waals surface area (Å²) in [5.74, 6) is 7.49. The number of anilines is 3. The molecule has 0 saturated heterocycles. The topological polar surface area (TPSA) is 92.0 Å². The molecule has 0 aliphatic heterocycles. The molecule has 7 nitrogen and oxygen atoms in total. The molecule has 0 spiro atoms. The van der Waals surface area contributed by atoms with Gasteiger partial charge in [0.25, 0.3) is 0 Å². The van der Waals surface area contributed by atoms with Crippen LogP contribution in [-0.4, -0.2) is 34.6 Å². The molecule has 0 fully saturated rings. The second-order valence-corrected chi connectivity index (χ2v) is 6.25. The second-order valence-electron chi connectivity index (χ2n) is 6.25. The maximum Gasteiger partial charge on any atom is 0.243 e. The summed E-state index contributed by atoms with van der Waals surface area (Å²) in [6.07, 6.45) is 0. The van der Waals surface area contributed by atoms with Crippen LogP contribution >= 0.6 is 0 Å². The van der Waals surface area contributed by atoms with Crippen molar-refractivity contribution >= 4 is 17.8 Å². The molecule has 1 aromatic rings. The Bertz CT molecular complexity index is 437. The first kappa shape index (κ1) is 17.4. The maximum absolute atomic E-state index is 5.45. The molecule has 0 aliphatic carbocycles. The van der Waals surface area contributed by atoms with Crippen LogP contribution in [0.25, 0.3) is 0 Å². The first-order chi connectivity index (χ1) is 9.81. The van der Waals surface area contributed by atoms with E-state index in [4.69, 9.17) is 5.84 Å². The minimum Gasteiger partial charge on any atom is -0.354 e. The summed E-state index contributed by atoms with van der Waals surface area (Å²) in [5, 5.41) is 3.28. The van der Waals surface area contributed by atoms with Crippen molar-refractivity contribution in [2.75, 3.05) is 35.3 Å². The van der Waals surface area contributed by atoms with Gasteiger partial charge in [0, 0.05) is 19.6 Å². The van der Waals surface area contributed by atoms with Crippen molar-refractivity contribution in [1.82, 2.24) is 15.0 Å².